The Morgan fingerprint density at radius 3 is 2.40 bits per heavy atom. The molecule has 0 aliphatic carbocycles. The van der Waals surface area contributed by atoms with Gasteiger partial charge < -0.3 is 21.5 Å². The van der Waals surface area contributed by atoms with Crippen LogP contribution in [0, 0.1) is 0 Å². The molecular formula is C27H27BrN4O3. The lowest BCUT2D eigenvalue weighted by atomic mass is 10.0. The van der Waals surface area contributed by atoms with Gasteiger partial charge in [-0.1, -0.05) is 52.3 Å². The van der Waals surface area contributed by atoms with E-state index in [1.165, 1.54) is 6.08 Å². The van der Waals surface area contributed by atoms with E-state index in [-0.39, 0.29) is 11.8 Å². The Morgan fingerprint density at radius 2 is 1.74 bits per heavy atom. The quantitative estimate of drug-likeness (QED) is 0.265. The highest BCUT2D eigenvalue weighted by atomic mass is 79.9. The second-order valence-corrected chi connectivity index (χ2v) is 9.33. The van der Waals surface area contributed by atoms with Gasteiger partial charge in [-0.15, -0.1) is 0 Å². The zero-order valence-corrected chi connectivity index (χ0v) is 20.6. The van der Waals surface area contributed by atoms with E-state index >= 15 is 0 Å². The normalized spacial score (nSPS) is 16.8. The number of likely N-dealkylation sites (tertiary alicyclic amines) is 1. The van der Waals surface area contributed by atoms with Gasteiger partial charge in [-0.2, -0.15) is 0 Å². The van der Waals surface area contributed by atoms with Crippen LogP contribution in [0.4, 0.5) is 17.1 Å². The molecule has 1 aliphatic rings. The van der Waals surface area contributed by atoms with Gasteiger partial charge >= 0.3 is 0 Å². The Labute approximate surface area is 212 Å². The van der Waals surface area contributed by atoms with E-state index in [4.69, 9.17) is 5.73 Å². The first-order valence-corrected chi connectivity index (χ1v) is 12.1. The molecule has 2 atom stereocenters. The maximum absolute atomic E-state index is 13.3. The Balaban J connectivity index is 1.47. The molecule has 3 aromatic rings. The molecule has 4 rings (SSSR count). The summed E-state index contributed by atoms with van der Waals surface area (Å²) < 4.78 is 0.930. The Bertz CT molecular complexity index is 1210. The number of nitrogens with one attached hydrogen (secondary N) is 2. The summed E-state index contributed by atoms with van der Waals surface area (Å²) >= 11 is 3.40. The van der Waals surface area contributed by atoms with Crippen molar-refractivity contribution in [2.75, 3.05) is 29.5 Å². The van der Waals surface area contributed by atoms with Gasteiger partial charge in [0.15, 0.2) is 0 Å². The number of nitrogens with two attached hydrogens (primary N) is 1. The topological polar surface area (TPSA) is 108 Å². The molecule has 1 heterocycles. The third-order valence-electron chi connectivity index (χ3n) is 5.82. The minimum absolute atomic E-state index is 0.162. The van der Waals surface area contributed by atoms with Crippen LogP contribution in [0.15, 0.2) is 83.3 Å². The van der Waals surface area contributed by atoms with E-state index in [2.05, 4.69) is 26.6 Å². The SMILES string of the molecule is Nc1ccccc1NC(=O)C=Cc1ccc(C(C(=O)Nc2ccc(Br)cc2)N2CC[C@H](O)C2)cc1. The van der Waals surface area contributed by atoms with Crippen molar-refractivity contribution in [1.82, 2.24) is 4.90 Å². The molecule has 3 aromatic carbocycles. The molecule has 1 unspecified atom stereocenters. The van der Waals surface area contributed by atoms with Crippen LogP contribution < -0.4 is 16.4 Å². The molecule has 35 heavy (non-hydrogen) atoms. The first kappa shape index (κ1) is 24.7. The number of hydrogen-bond donors (Lipinski definition) is 4. The molecule has 8 heteroatoms. The summed E-state index contributed by atoms with van der Waals surface area (Å²) in [6, 6.07) is 21.4. The third kappa shape index (κ3) is 6.57. The molecule has 0 bridgehead atoms. The highest BCUT2D eigenvalue weighted by Crippen LogP contribution is 2.28. The number of hydrogen-bond acceptors (Lipinski definition) is 5. The van der Waals surface area contributed by atoms with Crippen LogP contribution in [0.3, 0.4) is 0 Å². The fourth-order valence-electron chi connectivity index (χ4n) is 4.02. The lowest BCUT2D eigenvalue weighted by molar-refractivity contribution is -0.121. The number of β-amino-alcohol motifs (C(OH)–C–C–N with tert-alkyl or cyclic N) is 1. The number of para-hydroxylation sites is 2. The fraction of sp³-hybridized carbons (Fsp3) is 0.185. The third-order valence-corrected chi connectivity index (χ3v) is 6.35. The number of nitrogens with zero attached hydrogens (tertiary/aromatic N) is 1. The lowest BCUT2D eigenvalue weighted by Crippen LogP contribution is -2.36. The maximum Gasteiger partial charge on any atom is 0.248 e. The molecule has 5 N–H and O–H groups in total. The van der Waals surface area contributed by atoms with Crippen molar-refractivity contribution in [2.45, 2.75) is 18.6 Å². The summed E-state index contributed by atoms with van der Waals surface area (Å²) in [5.74, 6) is -0.450. The van der Waals surface area contributed by atoms with Crippen molar-refractivity contribution < 1.29 is 14.7 Å². The summed E-state index contributed by atoms with van der Waals surface area (Å²) in [5, 5.41) is 15.8. The van der Waals surface area contributed by atoms with Crippen molar-refractivity contribution in [3.8, 4) is 0 Å². The van der Waals surface area contributed by atoms with E-state index in [1.807, 2.05) is 53.4 Å². The monoisotopic (exact) mass is 534 g/mol. The molecule has 0 radical (unpaired) electrons. The summed E-state index contributed by atoms with van der Waals surface area (Å²) in [6.45, 7) is 1.06. The number of carbonyl (C=O) groups is 2. The summed E-state index contributed by atoms with van der Waals surface area (Å²) in [5.41, 5.74) is 9.26. The van der Waals surface area contributed by atoms with Gasteiger partial charge in [0, 0.05) is 29.3 Å². The number of aliphatic hydroxyl groups is 1. The number of rotatable bonds is 7. The first-order chi connectivity index (χ1) is 16.9. The minimum Gasteiger partial charge on any atom is -0.397 e. The molecule has 180 valence electrons. The summed E-state index contributed by atoms with van der Waals surface area (Å²) in [7, 11) is 0. The van der Waals surface area contributed by atoms with Crippen molar-refractivity contribution >= 4 is 50.9 Å². The van der Waals surface area contributed by atoms with Crippen LogP contribution in [0.1, 0.15) is 23.6 Å². The Morgan fingerprint density at radius 1 is 1.03 bits per heavy atom. The Kier molecular flexibility index (Phi) is 7.97. The molecule has 0 aromatic heterocycles. The van der Waals surface area contributed by atoms with Crippen LogP contribution in [-0.2, 0) is 9.59 Å². The minimum atomic E-state index is -0.543. The van der Waals surface area contributed by atoms with Gasteiger partial charge in [-0.3, -0.25) is 14.5 Å². The number of benzene rings is 3. The lowest BCUT2D eigenvalue weighted by Gasteiger charge is -2.27. The van der Waals surface area contributed by atoms with Crippen LogP contribution in [0.5, 0.6) is 0 Å². The van der Waals surface area contributed by atoms with E-state index in [9.17, 15) is 14.7 Å². The van der Waals surface area contributed by atoms with Gasteiger partial charge in [0.2, 0.25) is 11.8 Å². The number of anilines is 3. The molecule has 7 nitrogen and oxygen atoms in total. The summed E-state index contributed by atoms with van der Waals surface area (Å²) in [6.07, 6.45) is 3.33. The van der Waals surface area contributed by atoms with Crippen molar-refractivity contribution in [2.24, 2.45) is 0 Å². The number of halogens is 1. The average molecular weight is 535 g/mol. The van der Waals surface area contributed by atoms with E-state index < -0.39 is 12.1 Å². The van der Waals surface area contributed by atoms with Gasteiger partial charge in [0.05, 0.1) is 17.5 Å². The average Bonchev–Trinajstić information content (AvgIpc) is 3.27. The highest BCUT2D eigenvalue weighted by Gasteiger charge is 2.33. The van der Waals surface area contributed by atoms with Crippen molar-refractivity contribution in [1.29, 1.82) is 0 Å². The zero-order chi connectivity index (χ0) is 24.8. The highest BCUT2D eigenvalue weighted by molar-refractivity contribution is 9.10. The summed E-state index contributed by atoms with van der Waals surface area (Å²) in [4.78, 5) is 27.5. The van der Waals surface area contributed by atoms with Crippen LogP contribution in [0.25, 0.3) is 6.08 Å². The molecule has 0 saturated carbocycles. The van der Waals surface area contributed by atoms with E-state index in [0.29, 0.717) is 36.6 Å². The standard InChI is InChI=1S/C27H27BrN4O3/c28-20-10-12-21(13-11-20)30-27(35)26(32-16-15-22(33)17-32)19-8-5-18(6-9-19)7-14-25(34)31-24-4-2-1-3-23(24)29/h1-14,22,26,33H,15-17,29H2,(H,30,35)(H,31,34)/t22-,26?/m0/s1. The van der Waals surface area contributed by atoms with Crippen LogP contribution in [0.2, 0.25) is 0 Å². The zero-order valence-electron chi connectivity index (χ0n) is 19.0. The molecule has 1 saturated heterocycles. The fourth-order valence-corrected chi connectivity index (χ4v) is 4.29. The largest absolute Gasteiger partial charge is 0.397 e. The predicted octanol–water partition coefficient (Wildman–Crippen LogP) is 4.43. The maximum atomic E-state index is 13.3. The molecule has 0 spiro atoms. The van der Waals surface area contributed by atoms with E-state index in [1.54, 1.807) is 30.3 Å². The van der Waals surface area contributed by atoms with Crippen molar-refractivity contribution in [3.63, 3.8) is 0 Å². The second-order valence-electron chi connectivity index (χ2n) is 8.41. The molecule has 2 amide bonds. The van der Waals surface area contributed by atoms with Crippen molar-refractivity contribution in [3.05, 3.63) is 94.5 Å². The van der Waals surface area contributed by atoms with Gasteiger partial charge in [-0.05, 0) is 60.0 Å². The van der Waals surface area contributed by atoms with Gasteiger partial charge in [0.1, 0.15) is 6.04 Å². The molecule has 1 fully saturated rings. The predicted molar refractivity (Wildman–Crippen MR) is 143 cm³/mol. The van der Waals surface area contributed by atoms with Gasteiger partial charge in [0.25, 0.3) is 0 Å². The second kappa shape index (κ2) is 11.3. The smallest absolute Gasteiger partial charge is 0.248 e. The number of aliphatic hydroxyl groups excluding tert-OH is 1. The number of amides is 2. The van der Waals surface area contributed by atoms with E-state index in [0.717, 1.165) is 15.6 Å². The number of carbonyl (C=O) groups excluding carboxylic acids is 2. The number of nitrogen functional groups attached to an aromatic ring is 1. The van der Waals surface area contributed by atoms with Crippen LogP contribution >= 0.6 is 15.9 Å². The van der Waals surface area contributed by atoms with Gasteiger partial charge in [-0.25, -0.2) is 0 Å². The Hall–Kier alpha value is -3.46. The molecular weight excluding hydrogens is 508 g/mol. The van der Waals surface area contributed by atoms with Crippen LogP contribution in [-0.4, -0.2) is 41.0 Å². The molecule has 1 aliphatic heterocycles. The first-order valence-electron chi connectivity index (χ1n) is 11.3.